The van der Waals surface area contributed by atoms with E-state index in [2.05, 4.69) is 4.90 Å². The third-order valence-corrected chi connectivity index (χ3v) is 4.01. The van der Waals surface area contributed by atoms with Crippen LogP contribution in [-0.2, 0) is 0 Å². The van der Waals surface area contributed by atoms with Gasteiger partial charge in [0.2, 0.25) is 0 Å². The molecule has 1 aromatic rings. The fourth-order valence-corrected chi connectivity index (χ4v) is 2.59. The van der Waals surface area contributed by atoms with Gasteiger partial charge < -0.3 is 10.8 Å². The quantitative estimate of drug-likeness (QED) is 0.794. The van der Waals surface area contributed by atoms with E-state index in [1.165, 1.54) is 25.3 Å². The SMILES string of the molecule is NC(CCN(CCO)C1CCC1)c1ccccc1F. The van der Waals surface area contributed by atoms with Gasteiger partial charge >= 0.3 is 0 Å². The molecule has 0 bridgehead atoms. The highest BCUT2D eigenvalue weighted by Gasteiger charge is 2.24. The van der Waals surface area contributed by atoms with Gasteiger partial charge in [-0.15, -0.1) is 0 Å². The average Bonchev–Trinajstić information content (AvgIpc) is 2.34. The molecule has 1 atom stereocenters. The molecule has 2 rings (SSSR count). The largest absolute Gasteiger partial charge is 0.395 e. The molecule has 0 amide bonds. The standard InChI is InChI=1S/C15H23FN2O/c16-14-7-2-1-6-13(14)15(17)8-9-18(10-11-19)12-4-3-5-12/h1-2,6-7,12,15,19H,3-5,8-11,17H2. The summed E-state index contributed by atoms with van der Waals surface area (Å²) in [5, 5.41) is 9.10. The molecule has 1 aliphatic rings. The minimum Gasteiger partial charge on any atom is -0.395 e. The van der Waals surface area contributed by atoms with Crippen LogP contribution in [-0.4, -0.2) is 35.7 Å². The van der Waals surface area contributed by atoms with Gasteiger partial charge in [0.15, 0.2) is 0 Å². The van der Waals surface area contributed by atoms with Gasteiger partial charge in [0, 0.05) is 30.7 Å². The fourth-order valence-electron chi connectivity index (χ4n) is 2.59. The van der Waals surface area contributed by atoms with Crippen molar-refractivity contribution in [3.63, 3.8) is 0 Å². The number of halogens is 1. The second kappa shape index (κ2) is 6.98. The first-order valence-corrected chi connectivity index (χ1v) is 7.07. The highest BCUT2D eigenvalue weighted by molar-refractivity contribution is 5.20. The van der Waals surface area contributed by atoms with Crippen LogP contribution in [0, 0.1) is 5.82 Å². The number of rotatable bonds is 7. The molecule has 4 heteroatoms. The molecular formula is C15H23FN2O. The van der Waals surface area contributed by atoms with Gasteiger partial charge in [0.25, 0.3) is 0 Å². The average molecular weight is 266 g/mol. The Kier molecular flexibility index (Phi) is 5.31. The van der Waals surface area contributed by atoms with E-state index in [1.54, 1.807) is 12.1 Å². The molecule has 3 N–H and O–H groups in total. The lowest BCUT2D eigenvalue weighted by Crippen LogP contribution is -2.43. The predicted octanol–water partition coefficient (Wildman–Crippen LogP) is 2.06. The summed E-state index contributed by atoms with van der Waals surface area (Å²) in [6.07, 6.45) is 4.40. The van der Waals surface area contributed by atoms with E-state index in [4.69, 9.17) is 10.8 Å². The van der Waals surface area contributed by atoms with Crippen LogP contribution in [0.25, 0.3) is 0 Å². The van der Waals surface area contributed by atoms with Gasteiger partial charge in [-0.25, -0.2) is 4.39 Å². The molecule has 3 nitrogen and oxygen atoms in total. The van der Waals surface area contributed by atoms with Gasteiger partial charge in [-0.1, -0.05) is 24.6 Å². The van der Waals surface area contributed by atoms with Crippen molar-refractivity contribution in [2.24, 2.45) is 5.73 Å². The Hall–Kier alpha value is -0.970. The number of aliphatic hydroxyl groups excluding tert-OH is 1. The second-order valence-corrected chi connectivity index (χ2v) is 5.26. The lowest BCUT2D eigenvalue weighted by atomic mass is 9.91. The summed E-state index contributed by atoms with van der Waals surface area (Å²) in [7, 11) is 0. The maximum atomic E-state index is 13.6. The Morgan fingerprint density at radius 2 is 2.05 bits per heavy atom. The smallest absolute Gasteiger partial charge is 0.127 e. The van der Waals surface area contributed by atoms with Crippen LogP contribution in [0.4, 0.5) is 4.39 Å². The number of hydrogen-bond donors (Lipinski definition) is 2. The molecule has 0 heterocycles. The predicted molar refractivity (Wildman–Crippen MR) is 74.2 cm³/mol. The summed E-state index contributed by atoms with van der Waals surface area (Å²) >= 11 is 0. The van der Waals surface area contributed by atoms with Crippen LogP contribution in [0.3, 0.4) is 0 Å². The Balaban J connectivity index is 1.87. The third kappa shape index (κ3) is 3.75. The van der Waals surface area contributed by atoms with Crippen LogP contribution in [0.1, 0.15) is 37.3 Å². The van der Waals surface area contributed by atoms with Crippen LogP contribution in [0.5, 0.6) is 0 Å². The van der Waals surface area contributed by atoms with Crippen molar-refractivity contribution in [2.75, 3.05) is 19.7 Å². The van der Waals surface area contributed by atoms with Crippen LogP contribution >= 0.6 is 0 Å². The molecule has 1 unspecified atom stereocenters. The van der Waals surface area contributed by atoms with Gasteiger partial charge in [-0.2, -0.15) is 0 Å². The summed E-state index contributed by atoms with van der Waals surface area (Å²) in [6, 6.07) is 7.00. The van der Waals surface area contributed by atoms with Gasteiger partial charge in [0.05, 0.1) is 6.61 Å². The first kappa shape index (κ1) is 14.4. The van der Waals surface area contributed by atoms with Crippen LogP contribution < -0.4 is 5.73 Å². The van der Waals surface area contributed by atoms with Crippen molar-refractivity contribution in [2.45, 2.75) is 37.8 Å². The Morgan fingerprint density at radius 1 is 1.32 bits per heavy atom. The van der Waals surface area contributed by atoms with Gasteiger partial charge in [-0.05, 0) is 25.3 Å². The van der Waals surface area contributed by atoms with Crippen molar-refractivity contribution in [3.05, 3.63) is 35.6 Å². The Bertz CT molecular complexity index is 395. The lowest BCUT2D eigenvalue weighted by molar-refractivity contribution is 0.0981. The van der Waals surface area contributed by atoms with Gasteiger partial charge in [-0.3, -0.25) is 4.90 Å². The van der Waals surface area contributed by atoms with E-state index in [9.17, 15) is 4.39 Å². The number of aliphatic hydroxyl groups is 1. The van der Waals surface area contributed by atoms with E-state index in [-0.39, 0.29) is 18.5 Å². The second-order valence-electron chi connectivity index (χ2n) is 5.26. The van der Waals surface area contributed by atoms with Crippen molar-refractivity contribution in [3.8, 4) is 0 Å². The number of nitrogens with two attached hydrogens (primary N) is 1. The van der Waals surface area contributed by atoms with Crippen molar-refractivity contribution < 1.29 is 9.50 Å². The molecule has 1 aromatic carbocycles. The van der Waals surface area contributed by atoms with E-state index in [1.807, 2.05) is 6.07 Å². The third-order valence-electron chi connectivity index (χ3n) is 4.01. The zero-order valence-electron chi connectivity index (χ0n) is 11.3. The summed E-state index contributed by atoms with van der Waals surface area (Å²) in [6.45, 7) is 1.68. The van der Waals surface area contributed by atoms with Crippen LogP contribution in [0.15, 0.2) is 24.3 Å². The molecule has 0 aliphatic heterocycles. The summed E-state index contributed by atoms with van der Waals surface area (Å²) in [5.41, 5.74) is 6.65. The van der Waals surface area contributed by atoms with E-state index in [0.717, 1.165) is 13.0 Å². The van der Waals surface area contributed by atoms with E-state index in [0.29, 0.717) is 18.2 Å². The monoisotopic (exact) mass is 266 g/mol. The number of nitrogens with zero attached hydrogens (tertiary/aromatic N) is 1. The molecule has 1 saturated carbocycles. The van der Waals surface area contributed by atoms with E-state index >= 15 is 0 Å². The summed E-state index contributed by atoms with van der Waals surface area (Å²) < 4.78 is 13.6. The summed E-state index contributed by atoms with van der Waals surface area (Å²) in [4.78, 5) is 2.28. The molecule has 1 fully saturated rings. The molecule has 106 valence electrons. The molecule has 0 saturated heterocycles. The number of hydrogen-bond acceptors (Lipinski definition) is 3. The molecule has 0 spiro atoms. The van der Waals surface area contributed by atoms with Crippen molar-refractivity contribution >= 4 is 0 Å². The maximum Gasteiger partial charge on any atom is 0.127 e. The van der Waals surface area contributed by atoms with Gasteiger partial charge in [0.1, 0.15) is 5.82 Å². The molecule has 19 heavy (non-hydrogen) atoms. The van der Waals surface area contributed by atoms with Crippen LogP contribution in [0.2, 0.25) is 0 Å². The molecular weight excluding hydrogens is 243 g/mol. The molecule has 0 radical (unpaired) electrons. The highest BCUT2D eigenvalue weighted by atomic mass is 19.1. The Labute approximate surface area is 114 Å². The molecule has 0 aromatic heterocycles. The van der Waals surface area contributed by atoms with Crippen molar-refractivity contribution in [1.29, 1.82) is 0 Å². The van der Waals surface area contributed by atoms with E-state index < -0.39 is 0 Å². The minimum absolute atomic E-state index is 0.172. The van der Waals surface area contributed by atoms with Crippen molar-refractivity contribution in [1.82, 2.24) is 4.90 Å². The summed E-state index contributed by atoms with van der Waals surface area (Å²) in [5.74, 6) is -0.229. The first-order chi connectivity index (χ1) is 9.22. The fraction of sp³-hybridized carbons (Fsp3) is 0.600. The normalized spacial score (nSPS) is 17.5. The number of benzene rings is 1. The zero-order chi connectivity index (χ0) is 13.7. The Morgan fingerprint density at radius 3 is 2.63 bits per heavy atom. The topological polar surface area (TPSA) is 49.5 Å². The lowest BCUT2D eigenvalue weighted by Gasteiger charge is -2.37. The molecule has 1 aliphatic carbocycles. The first-order valence-electron chi connectivity index (χ1n) is 7.07. The maximum absolute atomic E-state index is 13.6. The highest BCUT2D eigenvalue weighted by Crippen LogP contribution is 2.26. The zero-order valence-corrected chi connectivity index (χ0v) is 11.3. The minimum atomic E-state index is -0.275.